The third-order valence-corrected chi connectivity index (χ3v) is 4.01. The van der Waals surface area contributed by atoms with Gasteiger partial charge in [0.1, 0.15) is 0 Å². The normalized spacial score (nSPS) is 21.1. The number of carbonyl (C=O) groups excluding carboxylic acids is 1. The molecule has 1 aromatic carbocycles. The minimum absolute atomic E-state index is 0.0353. The van der Waals surface area contributed by atoms with Crippen molar-refractivity contribution in [3.05, 3.63) is 30.3 Å². The molecule has 1 aliphatic heterocycles. The Kier molecular flexibility index (Phi) is 4.45. The zero-order valence-corrected chi connectivity index (χ0v) is 10.8. The zero-order chi connectivity index (χ0) is 12.1. The van der Waals surface area contributed by atoms with E-state index in [0.29, 0.717) is 6.04 Å². The first-order valence-electron chi connectivity index (χ1n) is 5.95. The Bertz CT molecular complexity index is 363. The highest BCUT2D eigenvalue weighted by atomic mass is 32.2. The highest BCUT2D eigenvalue weighted by Gasteiger charge is 2.20. The maximum atomic E-state index is 11.9. The predicted molar refractivity (Wildman–Crippen MR) is 73.4 cm³/mol. The minimum atomic E-state index is -0.140. The van der Waals surface area contributed by atoms with Crippen molar-refractivity contribution < 1.29 is 4.79 Å². The number of para-hydroxylation sites is 1. The first-order chi connectivity index (χ1) is 8.25. The van der Waals surface area contributed by atoms with Crippen LogP contribution in [0, 0.1) is 0 Å². The van der Waals surface area contributed by atoms with Crippen molar-refractivity contribution in [2.24, 2.45) is 0 Å². The van der Waals surface area contributed by atoms with Crippen LogP contribution in [0.1, 0.15) is 13.3 Å². The fourth-order valence-corrected chi connectivity index (χ4v) is 3.03. The molecule has 2 unspecified atom stereocenters. The van der Waals surface area contributed by atoms with Crippen LogP contribution in [0.15, 0.2) is 30.3 Å². The number of amides is 1. The summed E-state index contributed by atoms with van der Waals surface area (Å²) in [5, 5.41) is 6.27. The summed E-state index contributed by atoms with van der Waals surface area (Å²) in [6, 6.07) is 9.91. The van der Waals surface area contributed by atoms with Gasteiger partial charge >= 0.3 is 0 Å². The standard InChI is InChI=1S/C13H18N2OS/c1-10(14-12-7-8-17-9-12)13(16)15-11-5-3-2-4-6-11/h2-6,10,12,14H,7-9H2,1H3,(H,15,16). The number of benzene rings is 1. The molecule has 1 aliphatic rings. The molecular weight excluding hydrogens is 232 g/mol. The quantitative estimate of drug-likeness (QED) is 0.860. The molecule has 1 fully saturated rings. The average molecular weight is 250 g/mol. The van der Waals surface area contributed by atoms with Crippen molar-refractivity contribution in [1.29, 1.82) is 0 Å². The van der Waals surface area contributed by atoms with Crippen molar-refractivity contribution in [2.45, 2.75) is 25.4 Å². The largest absolute Gasteiger partial charge is 0.325 e. The molecule has 1 amide bonds. The summed E-state index contributed by atoms with van der Waals surface area (Å²) in [6.07, 6.45) is 1.16. The number of nitrogens with one attached hydrogen (secondary N) is 2. The van der Waals surface area contributed by atoms with E-state index in [1.165, 1.54) is 5.75 Å². The van der Waals surface area contributed by atoms with Crippen LogP contribution in [0.4, 0.5) is 5.69 Å². The smallest absolute Gasteiger partial charge is 0.241 e. The van der Waals surface area contributed by atoms with Crippen molar-refractivity contribution >= 4 is 23.4 Å². The lowest BCUT2D eigenvalue weighted by Gasteiger charge is -2.18. The third kappa shape index (κ3) is 3.75. The lowest BCUT2D eigenvalue weighted by molar-refractivity contribution is -0.117. The van der Waals surface area contributed by atoms with E-state index in [1.807, 2.05) is 49.0 Å². The Morgan fingerprint density at radius 3 is 2.82 bits per heavy atom. The summed E-state index contributed by atoms with van der Waals surface area (Å²) in [5.74, 6) is 2.35. The van der Waals surface area contributed by atoms with Gasteiger partial charge < -0.3 is 10.6 Å². The molecule has 2 atom stereocenters. The van der Waals surface area contributed by atoms with Gasteiger partial charge in [-0.25, -0.2) is 0 Å². The Hall–Kier alpha value is -1.00. The van der Waals surface area contributed by atoms with Gasteiger partial charge in [0.25, 0.3) is 0 Å². The van der Waals surface area contributed by atoms with Gasteiger partial charge in [-0.15, -0.1) is 0 Å². The fourth-order valence-electron chi connectivity index (χ4n) is 1.87. The Morgan fingerprint density at radius 1 is 1.41 bits per heavy atom. The van der Waals surface area contributed by atoms with Crippen molar-refractivity contribution in [2.75, 3.05) is 16.8 Å². The lowest BCUT2D eigenvalue weighted by Crippen LogP contribution is -2.43. The SMILES string of the molecule is CC(NC1CCSC1)C(=O)Nc1ccccc1. The molecule has 1 aromatic rings. The molecule has 4 heteroatoms. The van der Waals surface area contributed by atoms with Crippen LogP contribution in [0.25, 0.3) is 0 Å². The Labute approximate surface area is 106 Å². The number of hydrogen-bond acceptors (Lipinski definition) is 3. The molecule has 1 saturated heterocycles. The summed E-state index contributed by atoms with van der Waals surface area (Å²) >= 11 is 1.95. The topological polar surface area (TPSA) is 41.1 Å². The Balaban J connectivity index is 1.82. The van der Waals surface area contributed by atoms with Crippen molar-refractivity contribution in [3.63, 3.8) is 0 Å². The van der Waals surface area contributed by atoms with Gasteiger partial charge in [0.2, 0.25) is 5.91 Å². The third-order valence-electron chi connectivity index (χ3n) is 2.85. The Morgan fingerprint density at radius 2 is 2.18 bits per heavy atom. The van der Waals surface area contributed by atoms with Crippen LogP contribution < -0.4 is 10.6 Å². The zero-order valence-electron chi connectivity index (χ0n) is 9.98. The molecule has 1 heterocycles. The molecule has 2 rings (SSSR count). The second-order valence-corrected chi connectivity index (χ2v) is 5.45. The molecule has 2 N–H and O–H groups in total. The summed E-state index contributed by atoms with van der Waals surface area (Å²) in [5.41, 5.74) is 0.854. The van der Waals surface area contributed by atoms with E-state index in [0.717, 1.165) is 17.9 Å². The molecule has 0 saturated carbocycles. The van der Waals surface area contributed by atoms with E-state index >= 15 is 0 Å². The molecule has 0 spiro atoms. The summed E-state index contributed by atoms with van der Waals surface area (Å²) < 4.78 is 0. The van der Waals surface area contributed by atoms with E-state index in [1.54, 1.807) is 0 Å². The lowest BCUT2D eigenvalue weighted by atomic mass is 10.2. The van der Waals surface area contributed by atoms with Gasteiger partial charge in [-0.2, -0.15) is 11.8 Å². The molecule has 0 bridgehead atoms. The summed E-state index contributed by atoms with van der Waals surface area (Å²) in [4.78, 5) is 11.9. The molecule has 0 aliphatic carbocycles. The second-order valence-electron chi connectivity index (χ2n) is 4.30. The van der Waals surface area contributed by atoms with Gasteiger partial charge in [0.05, 0.1) is 6.04 Å². The number of carbonyl (C=O) groups is 1. The van der Waals surface area contributed by atoms with Crippen LogP contribution in [-0.4, -0.2) is 29.5 Å². The summed E-state index contributed by atoms with van der Waals surface area (Å²) in [7, 11) is 0. The average Bonchev–Trinajstić information content (AvgIpc) is 2.83. The van der Waals surface area contributed by atoms with Gasteiger partial charge in [-0.1, -0.05) is 18.2 Å². The minimum Gasteiger partial charge on any atom is -0.325 e. The van der Waals surface area contributed by atoms with E-state index in [4.69, 9.17) is 0 Å². The molecule has 17 heavy (non-hydrogen) atoms. The number of rotatable bonds is 4. The van der Waals surface area contributed by atoms with Crippen LogP contribution >= 0.6 is 11.8 Å². The molecule has 92 valence electrons. The molecule has 0 aromatic heterocycles. The van der Waals surface area contributed by atoms with Crippen molar-refractivity contribution in [1.82, 2.24) is 5.32 Å². The second kappa shape index (κ2) is 6.07. The van der Waals surface area contributed by atoms with Crippen LogP contribution in [0.5, 0.6) is 0 Å². The van der Waals surface area contributed by atoms with Gasteiger partial charge in [-0.3, -0.25) is 4.79 Å². The maximum Gasteiger partial charge on any atom is 0.241 e. The number of thioether (sulfide) groups is 1. The van der Waals surface area contributed by atoms with E-state index in [9.17, 15) is 4.79 Å². The molecule has 0 radical (unpaired) electrons. The van der Waals surface area contributed by atoms with E-state index in [2.05, 4.69) is 10.6 Å². The first-order valence-corrected chi connectivity index (χ1v) is 7.11. The monoisotopic (exact) mass is 250 g/mol. The highest BCUT2D eigenvalue weighted by Crippen LogP contribution is 2.17. The summed E-state index contributed by atoms with van der Waals surface area (Å²) in [6.45, 7) is 1.92. The number of hydrogen-bond donors (Lipinski definition) is 2. The van der Waals surface area contributed by atoms with Crippen LogP contribution in [0.2, 0.25) is 0 Å². The van der Waals surface area contributed by atoms with E-state index < -0.39 is 0 Å². The predicted octanol–water partition coefficient (Wildman–Crippen LogP) is 2.11. The van der Waals surface area contributed by atoms with Gasteiger partial charge in [-0.05, 0) is 31.2 Å². The molecule has 3 nitrogen and oxygen atoms in total. The fraction of sp³-hybridized carbons (Fsp3) is 0.462. The highest BCUT2D eigenvalue weighted by molar-refractivity contribution is 7.99. The van der Waals surface area contributed by atoms with Gasteiger partial charge in [0, 0.05) is 17.5 Å². The molecular formula is C13H18N2OS. The maximum absolute atomic E-state index is 11.9. The van der Waals surface area contributed by atoms with Gasteiger partial charge in [0.15, 0.2) is 0 Å². The first kappa shape index (κ1) is 12.5. The van der Waals surface area contributed by atoms with E-state index in [-0.39, 0.29) is 11.9 Å². The van der Waals surface area contributed by atoms with Crippen LogP contribution in [0.3, 0.4) is 0 Å². The van der Waals surface area contributed by atoms with Crippen LogP contribution in [-0.2, 0) is 4.79 Å². The van der Waals surface area contributed by atoms with Crippen molar-refractivity contribution in [3.8, 4) is 0 Å². The number of anilines is 1.